The highest BCUT2D eigenvalue weighted by Gasteiger charge is 2.47. The zero-order chi connectivity index (χ0) is 12.8. The Kier molecular flexibility index (Phi) is 2.76. The number of carbonyl (C=O) groups excluding carboxylic acids is 1. The van der Waals surface area contributed by atoms with Crippen LogP contribution in [0, 0.1) is 5.82 Å². The Labute approximate surface area is 111 Å². The van der Waals surface area contributed by atoms with Crippen molar-refractivity contribution in [3.8, 4) is 0 Å². The number of rotatable bonds is 2. The van der Waals surface area contributed by atoms with Gasteiger partial charge in [-0.25, -0.2) is 14.3 Å². The van der Waals surface area contributed by atoms with E-state index in [0.717, 1.165) is 0 Å². The standard InChI is InChI=1S/C11H9FN2O2S2/c12-7-1-2-9-8(5-7)11(17-3-4-18-11)16-14(9)6-10(13)15/h1-5H,6H2,(H2,13,15). The van der Waals surface area contributed by atoms with Crippen LogP contribution >= 0.6 is 23.5 Å². The molecule has 1 amide bonds. The summed E-state index contributed by atoms with van der Waals surface area (Å²) in [5.41, 5.74) is 6.57. The van der Waals surface area contributed by atoms with Crippen LogP contribution in [0.4, 0.5) is 10.1 Å². The van der Waals surface area contributed by atoms with E-state index in [1.807, 2.05) is 10.8 Å². The molecule has 1 aromatic rings. The topological polar surface area (TPSA) is 55.6 Å². The van der Waals surface area contributed by atoms with Crippen LogP contribution in [0.5, 0.6) is 0 Å². The van der Waals surface area contributed by atoms with Crippen LogP contribution < -0.4 is 10.8 Å². The predicted molar refractivity (Wildman–Crippen MR) is 70.0 cm³/mol. The number of primary amides is 1. The highest BCUT2D eigenvalue weighted by atomic mass is 32.2. The molecule has 0 fully saturated rings. The predicted octanol–water partition coefficient (Wildman–Crippen LogP) is 2.12. The number of hydroxylamine groups is 1. The minimum absolute atomic E-state index is 0.0541. The number of carbonyl (C=O) groups is 1. The van der Waals surface area contributed by atoms with Gasteiger partial charge >= 0.3 is 0 Å². The van der Waals surface area contributed by atoms with Gasteiger partial charge in [0.05, 0.1) is 5.69 Å². The van der Waals surface area contributed by atoms with Gasteiger partial charge in [0.2, 0.25) is 10.2 Å². The molecular weight excluding hydrogens is 275 g/mol. The average molecular weight is 284 g/mol. The maximum absolute atomic E-state index is 13.4. The summed E-state index contributed by atoms with van der Waals surface area (Å²) in [4.78, 5) is 16.8. The lowest BCUT2D eigenvalue weighted by molar-refractivity contribution is -0.118. The molecule has 0 aromatic heterocycles. The SMILES string of the molecule is NC(=O)CN1OC2(SC=CS2)c2cc(F)ccc21. The van der Waals surface area contributed by atoms with Crippen molar-refractivity contribution in [3.05, 3.63) is 40.4 Å². The lowest BCUT2D eigenvalue weighted by Crippen LogP contribution is -2.33. The van der Waals surface area contributed by atoms with Gasteiger partial charge < -0.3 is 5.73 Å². The summed E-state index contributed by atoms with van der Waals surface area (Å²) in [6, 6.07) is 4.37. The van der Waals surface area contributed by atoms with Crippen molar-refractivity contribution >= 4 is 35.1 Å². The van der Waals surface area contributed by atoms with Crippen LogP contribution in [0.2, 0.25) is 0 Å². The maximum atomic E-state index is 13.4. The van der Waals surface area contributed by atoms with E-state index in [9.17, 15) is 9.18 Å². The summed E-state index contributed by atoms with van der Waals surface area (Å²) in [6.45, 7) is -0.0541. The third-order valence-corrected chi connectivity index (χ3v) is 5.09. The molecule has 0 saturated carbocycles. The van der Waals surface area contributed by atoms with E-state index in [1.165, 1.54) is 40.7 Å². The number of halogens is 1. The maximum Gasteiger partial charge on any atom is 0.239 e. The molecule has 0 aliphatic carbocycles. The lowest BCUT2D eigenvalue weighted by Gasteiger charge is -2.22. The van der Waals surface area contributed by atoms with Crippen molar-refractivity contribution in [1.29, 1.82) is 0 Å². The Hall–Kier alpha value is -1.18. The number of amides is 1. The number of benzene rings is 1. The number of fused-ring (bicyclic) bond motifs is 2. The van der Waals surface area contributed by atoms with Crippen molar-refractivity contribution in [2.45, 2.75) is 4.27 Å². The Bertz CT molecular complexity index is 542. The first-order valence-corrected chi connectivity index (χ1v) is 6.92. The van der Waals surface area contributed by atoms with Crippen molar-refractivity contribution in [2.24, 2.45) is 5.73 Å². The molecule has 4 nitrogen and oxygen atoms in total. The van der Waals surface area contributed by atoms with Crippen LogP contribution in [0.1, 0.15) is 5.56 Å². The summed E-state index contributed by atoms with van der Waals surface area (Å²) >= 11 is 2.87. The second-order valence-corrected chi connectivity index (χ2v) is 6.24. The fourth-order valence-corrected chi connectivity index (χ4v) is 4.11. The summed E-state index contributed by atoms with van der Waals surface area (Å²) in [7, 11) is 0. The molecule has 1 spiro atoms. The largest absolute Gasteiger partial charge is 0.368 e. The molecule has 0 atom stereocenters. The average Bonchev–Trinajstić information content (AvgIpc) is 2.87. The fraction of sp³-hybridized carbons (Fsp3) is 0.182. The van der Waals surface area contributed by atoms with Gasteiger partial charge in [0, 0.05) is 5.56 Å². The molecule has 2 N–H and O–H groups in total. The molecule has 0 bridgehead atoms. The smallest absolute Gasteiger partial charge is 0.239 e. The lowest BCUT2D eigenvalue weighted by atomic mass is 10.2. The number of hydrogen-bond donors (Lipinski definition) is 1. The van der Waals surface area contributed by atoms with Crippen molar-refractivity contribution < 1.29 is 14.0 Å². The van der Waals surface area contributed by atoms with E-state index in [4.69, 9.17) is 10.6 Å². The van der Waals surface area contributed by atoms with Crippen LogP contribution in [0.25, 0.3) is 0 Å². The number of hydrogen-bond acceptors (Lipinski definition) is 5. The molecular formula is C11H9FN2O2S2. The second kappa shape index (κ2) is 4.18. The van der Waals surface area contributed by atoms with Gasteiger partial charge in [0.25, 0.3) is 0 Å². The molecule has 94 valence electrons. The molecule has 2 aliphatic rings. The molecule has 18 heavy (non-hydrogen) atoms. The van der Waals surface area contributed by atoms with Crippen molar-refractivity contribution in [2.75, 3.05) is 11.6 Å². The molecule has 2 aliphatic heterocycles. The van der Waals surface area contributed by atoms with Crippen LogP contribution in [0.15, 0.2) is 29.0 Å². The summed E-state index contributed by atoms with van der Waals surface area (Å²) in [5.74, 6) is -0.825. The molecule has 0 radical (unpaired) electrons. The number of nitrogens with two attached hydrogens (primary N) is 1. The summed E-state index contributed by atoms with van der Waals surface area (Å²) < 4.78 is 12.7. The van der Waals surface area contributed by atoms with Gasteiger partial charge in [-0.15, -0.1) is 0 Å². The van der Waals surface area contributed by atoms with E-state index < -0.39 is 10.2 Å². The van der Waals surface area contributed by atoms with E-state index in [0.29, 0.717) is 11.3 Å². The molecule has 0 unspecified atom stereocenters. The monoisotopic (exact) mass is 284 g/mol. The van der Waals surface area contributed by atoms with Gasteiger partial charge in [-0.1, -0.05) is 23.5 Å². The first-order valence-electron chi connectivity index (χ1n) is 5.16. The van der Waals surface area contributed by atoms with E-state index >= 15 is 0 Å². The van der Waals surface area contributed by atoms with Gasteiger partial charge in [0.15, 0.2) is 0 Å². The molecule has 2 heterocycles. The molecule has 0 saturated heterocycles. The molecule has 1 aromatic carbocycles. The van der Waals surface area contributed by atoms with Crippen LogP contribution in [-0.2, 0) is 13.9 Å². The zero-order valence-electron chi connectivity index (χ0n) is 9.13. The Morgan fingerprint density at radius 2 is 2.17 bits per heavy atom. The van der Waals surface area contributed by atoms with Gasteiger partial charge in [-0.05, 0) is 29.0 Å². The first-order chi connectivity index (χ1) is 8.61. The van der Waals surface area contributed by atoms with Gasteiger partial charge in [-0.3, -0.25) is 4.79 Å². The Balaban J connectivity index is 2.04. The quantitative estimate of drug-likeness (QED) is 0.901. The zero-order valence-corrected chi connectivity index (χ0v) is 10.8. The van der Waals surface area contributed by atoms with Crippen molar-refractivity contribution in [1.82, 2.24) is 0 Å². The molecule has 7 heteroatoms. The Morgan fingerprint density at radius 1 is 1.44 bits per heavy atom. The highest BCUT2D eigenvalue weighted by Crippen LogP contribution is 2.60. The van der Waals surface area contributed by atoms with E-state index in [2.05, 4.69) is 0 Å². The van der Waals surface area contributed by atoms with E-state index in [-0.39, 0.29) is 12.4 Å². The van der Waals surface area contributed by atoms with E-state index in [1.54, 1.807) is 6.07 Å². The summed E-state index contributed by atoms with van der Waals surface area (Å²) in [5, 5.41) is 5.18. The minimum Gasteiger partial charge on any atom is -0.368 e. The second-order valence-electron chi connectivity index (χ2n) is 3.82. The Morgan fingerprint density at radius 3 is 2.83 bits per heavy atom. The minimum atomic E-state index is -0.729. The van der Waals surface area contributed by atoms with Gasteiger partial charge in [-0.2, -0.15) is 0 Å². The van der Waals surface area contributed by atoms with Gasteiger partial charge in [0.1, 0.15) is 12.4 Å². The number of nitrogens with zero attached hydrogens (tertiary/aromatic N) is 1. The third kappa shape index (κ3) is 1.79. The highest BCUT2D eigenvalue weighted by molar-refractivity contribution is 8.22. The third-order valence-electron chi connectivity index (χ3n) is 2.59. The fourth-order valence-electron chi connectivity index (χ4n) is 1.91. The number of anilines is 1. The normalized spacial score (nSPS) is 19.5. The number of thioether (sulfide) groups is 2. The van der Waals surface area contributed by atoms with Crippen molar-refractivity contribution in [3.63, 3.8) is 0 Å². The summed E-state index contributed by atoms with van der Waals surface area (Å²) in [6.07, 6.45) is 0. The first kappa shape index (κ1) is 11.9. The van der Waals surface area contributed by atoms with Crippen LogP contribution in [-0.4, -0.2) is 12.5 Å². The van der Waals surface area contributed by atoms with Crippen LogP contribution in [0.3, 0.4) is 0 Å². The molecule has 3 rings (SSSR count).